The third-order valence-corrected chi connectivity index (χ3v) is 5.45. The van der Waals surface area contributed by atoms with Crippen LogP contribution in [0.25, 0.3) is 11.2 Å². The number of hydrogen-bond acceptors (Lipinski definition) is 7. The van der Waals surface area contributed by atoms with Crippen LogP contribution in [0.5, 0.6) is 5.75 Å². The minimum Gasteiger partial charge on any atom is -0.491 e. The SMILES string of the molecule is Cc1cccc(OCC(O)Cn2c(N3CCOCC3)nc3c2c(=O)n(C)c(=O)n3C)c1. The van der Waals surface area contributed by atoms with Gasteiger partial charge in [-0.3, -0.25) is 13.9 Å². The van der Waals surface area contributed by atoms with Crippen LogP contribution in [0.1, 0.15) is 5.56 Å². The molecule has 1 atom stereocenters. The molecule has 10 heteroatoms. The van der Waals surface area contributed by atoms with Crippen LogP contribution in [0.15, 0.2) is 33.9 Å². The first-order chi connectivity index (χ1) is 14.9. The average molecular weight is 429 g/mol. The van der Waals surface area contributed by atoms with Crippen molar-refractivity contribution in [1.82, 2.24) is 18.7 Å². The first-order valence-corrected chi connectivity index (χ1v) is 10.2. The number of fused-ring (bicyclic) bond motifs is 1. The quantitative estimate of drug-likeness (QED) is 0.589. The molecule has 1 saturated heterocycles. The number of rotatable bonds is 6. The van der Waals surface area contributed by atoms with Gasteiger partial charge in [0.2, 0.25) is 5.95 Å². The number of aliphatic hydroxyl groups is 1. The maximum atomic E-state index is 12.9. The van der Waals surface area contributed by atoms with Gasteiger partial charge in [0, 0.05) is 27.2 Å². The lowest BCUT2D eigenvalue weighted by Gasteiger charge is -2.28. The highest BCUT2D eigenvalue weighted by Crippen LogP contribution is 2.21. The molecule has 0 bridgehead atoms. The van der Waals surface area contributed by atoms with E-state index in [0.29, 0.717) is 43.6 Å². The van der Waals surface area contributed by atoms with E-state index in [1.807, 2.05) is 36.1 Å². The molecule has 1 N–H and O–H groups in total. The number of morpholine rings is 1. The van der Waals surface area contributed by atoms with Crippen molar-refractivity contribution in [2.24, 2.45) is 14.1 Å². The Hall–Kier alpha value is -3.11. The van der Waals surface area contributed by atoms with E-state index in [2.05, 4.69) is 4.98 Å². The zero-order chi connectivity index (χ0) is 22.1. The number of benzene rings is 1. The molecule has 1 aromatic carbocycles. The first kappa shape index (κ1) is 21.1. The molecule has 1 aliphatic heterocycles. The van der Waals surface area contributed by atoms with E-state index in [-0.39, 0.29) is 18.7 Å². The number of imidazole rings is 1. The molecule has 2 aromatic heterocycles. The highest BCUT2D eigenvalue weighted by molar-refractivity contribution is 5.74. The molecular weight excluding hydrogens is 402 g/mol. The average Bonchev–Trinajstić information content (AvgIpc) is 3.14. The molecule has 10 nitrogen and oxygen atoms in total. The molecule has 0 aliphatic carbocycles. The fourth-order valence-electron chi connectivity index (χ4n) is 3.77. The summed E-state index contributed by atoms with van der Waals surface area (Å²) in [7, 11) is 3.02. The monoisotopic (exact) mass is 429 g/mol. The van der Waals surface area contributed by atoms with E-state index in [4.69, 9.17) is 9.47 Å². The lowest BCUT2D eigenvalue weighted by atomic mass is 10.2. The third-order valence-electron chi connectivity index (χ3n) is 5.45. The van der Waals surface area contributed by atoms with Crippen LogP contribution < -0.4 is 20.9 Å². The maximum Gasteiger partial charge on any atom is 0.332 e. The summed E-state index contributed by atoms with van der Waals surface area (Å²) in [6.45, 7) is 4.41. The van der Waals surface area contributed by atoms with Crippen LogP contribution in [-0.2, 0) is 25.4 Å². The van der Waals surface area contributed by atoms with Crippen LogP contribution in [0.4, 0.5) is 5.95 Å². The van der Waals surface area contributed by atoms with Crippen LogP contribution in [0.3, 0.4) is 0 Å². The normalized spacial score (nSPS) is 15.4. The van der Waals surface area contributed by atoms with E-state index < -0.39 is 17.4 Å². The van der Waals surface area contributed by atoms with Gasteiger partial charge in [-0.15, -0.1) is 0 Å². The molecule has 0 saturated carbocycles. The molecule has 1 aliphatic rings. The lowest BCUT2D eigenvalue weighted by molar-refractivity contribution is 0.0927. The van der Waals surface area contributed by atoms with Gasteiger partial charge in [0.05, 0.1) is 19.8 Å². The van der Waals surface area contributed by atoms with Gasteiger partial charge >= 0.3 is 5.69 Å². The fourth-order valence-corrected chi connectivity index (χ4v) is 3.77. The molecule has 166 valence electrons. The Bertz CT molecular complexity index is 1210. The molecular formula is C21H27N5O5. The van der Waals surface area contributed by atoms with Crippen molar-refractivity contribution in [1.29, 1.82) is 0 Å². The van der Waals surface area contributed by atoms with Gasteiger partial charge in [0.1, 0.15) is 18.5 Å². The van der Waals surface area contributed by atoms with Crippen LogP contribution >= 0.6 is 0 Å². The second-order valence-corrected chi connectivity index (χ2v) is 7.78. The highest BCUT2D eigenvalue weighted by Gasteiger charge is 2.25. The summed E-state index contributed by atoms with van der Waals surface area (Å²) >= 11 is 0. The first-order valence-electron chi connectivity index (χ1n) is 10.2. The Morgan fingerprint density at radius 1 is 1.19 bits per heavy atom. The Morgan fingerprint density at radius 3 is 2.65 bits per heavy atom. The second-order valence-electron chi connectivity index (χ2n) is 7.78. The largest absolute Gasteiger partial charge is 0.491 e. The van der Waals surface area contributed by atoms with Crippen molar-refractivity contribution in [3.63, 3.8) is 0 Å². The summed E-state index contributed by atoms with van der Waals surface area (Å²) in [6, 6.07) is 7.58. The highest BCUT2D eigenvalue weighted by atomic mass is 16.5. The fraction of sp³-hybridized carbons (Fsp3) is 0.476. The number of ether oxygens (including phenoxy) is 2. The number of aliphatic hydroxyl groups excluding tert-OH is 1. The standard InChI is InChI=1S/C21H27N5O5/c1-14-5-4-6-16(11-14)31-13-15(27)12-26-17-18(23(2)21(29)24(3)19(17)28)22-20(26)25-7-9-30-10-8-25/h4-6,11,15,27H,7-10,12-13H2,1-3H3. The molecule has 31 heavy (non-hydrogen) atoms. The molecule has 0 radical (unpaired) electrons. The van der Waals surface area contributed by atoms with E-state index >= 15 is 0 Å². The second kappa shape index (κ2) is 8.56. The number of nitrogens with zero attached hydrogens (tertiary/aromatic N) is 5. The van der Waals surface area contributed by atoms with Gasteiger partial charge in [-0.2, -0.15) is 4.98 Å². The maximum absolute atomic E-state index is 12.9. The predicted molar refractivity (Wildman–Crippen MR) is 116 cm³/mol. The van der Waals surface area contributed by atoms with Crippen molar-refractivity contribution in [2.45, 2.75) is 19.6 Å². The third kappa shape index (κ3) is 4.08. The van der Waals surface area contributed by atoms with Gasteiger partial charge in [-0.05, 0) is 24.6 Å². The number of aromatic nitrogens is 4. The Balaban J connectivity index is 1.70. The number of hydrogen-bond donors (Lipinski definition) is 1. The smallest absolute Gasteiger partial charge is 0.332 e. The van der Waals surface area contributed by atoms with Crippen molar-refractivity contribution >= 4 is 17.1 Å². The summed E-state index contributed by atoms with van der Waals surface area (Å²) < 4.78 is 15.3. The zero-order valence-electron chi connectivity index (χ0n) is 17.9. The summed E-state index contributed by atoms with van der Waals surface area (Å²) in [5.74, 6) is 1.20. The summed E-state index contributed by atoms with van der Waals surface area (Å²) in [6.07, 6.45) is -0.889. The molecule has 1 fully saturated rings. The molecule has 0 spiro atoms. The zero-order valence-corrected chi connectivity index (χ0v) is 17.9. The van der Waals surface area contributed by atoms with Crippen molar-refractivity contribution in [3.05, 3.63) is 50.7 Å². The van der Waals surface area contributed by atoms with Crippen LogP contribution in [0, 0.1) is 6.92 Å². The van der Waals surface area contributed by atoms with Gasteiger partial charge in [-0.1, -0.05) is 12.1 Å². The van der Waals surface area contributed by atoms with E-state index in [1.165, 1.54) is 11.6 Å². The molecule has 3 aromatic rings. The number of anilines is 1. The lowest BCUT2D eigenvalue weighted by Crippen LogP contribution is -2.39. The van der Waals surface area contributed by atoms with Gasteiger partial charge < -0.3 is 24.0 Å². The molecule has 4 rings (SSSR count). The van der Waals surface area contributed by atoms with Crippen molar-refractivity contribution in [3.8, 4) is 5.75 Å². The van der Waals surface area contributed by atoms with Crippen LogP contribution in [0.2, 0.25) is 0 Å². The summed E-state index contributed by atoms with van der Waals surface area (Å²) in [4.78, 5) is 31.9. The molecule has 0 amide bonds. The van der Waals surface area contributed by atoms with Crippen molar-refractivity contribution in [2.75, 3.05) is 37.8 Å². The predicted octanol–water partition coefficient (Wildman–Crippen LogP) is 0.0186. The van der Waals surface area contributed by atoms with Crippen LogP contribution in [-0.4, -0.2) is 62.8 Å². The number of aryl methyl sites for hydroxylation is 2. The van der Waals surface area contributed by atoms with Gasteiger partial charge in [0.25, 0.3) is 5.56 Å². The summed E-state index contributed by atoms with van der Waals surface area (Å²) in [5.41, 5.74) is 0.740. The molecule has 3 heterocycles. The summed E-state index contributed by atoms with van der Waals surface area (Å²) in [5, 5.41) is 10.7. The van der Waals surface area contributed by atoms with Gasteiger partial charge in [-0.25, -0.2) is 4.79 Å². The topological polar surface area (TPSA) is 104 Å². The van der Waals surface area contributed by atoms with Crippen molar-refractivity contribution < 1.29 is 14.6 Å². The van der Waals surface area contributed by atoms with Gasteiger partial charge in [0.15, 0.2) is 11.2 Å². The Labute approximate surface area is 178 Å². The Kier molecular flexibility index (Phi) is 5.84. The molecule has 1 unspecified atom stereocenters. The minimum absolute atomic E-state index is 0.0533. The minimum atomic E-state index is -0.889. The van der Waals surface area contributed by atoms with E-state index in [1.54, 1.807) is 11.6 Å². The Morgan fingerprint density at radius 2 is 1.94 bits per heavy atom. The van der Waals surface area contributed by atoms with E-state index in [9.17, 15) is 14.7 Å². The van der Waals surface area contributed by atoms with E-state index in [0.717, 1.165) is 10.1 Å².